The van der Waals surface area contributed by atoms with E-state index in [0.29, 0.717) is 17.2 Å². The first-order valence-electron chi connectivity index (χ1n) is 6.43. The van der Waals surface area contributed by atoms with Crippen molar-refractivity contribution in [3.05, 3.63) is 58.1 Å². The van der Waals surface area contributed by atoms with Crippen LogP contribution in [0.1, 0.15) is 35.7 Å². The fourth-order valence-electron chi connectivity index (χ4n) is 1.90. The molecule has 3 N–H and O–H groups in total. The van der Waals surface area contributed by atoms with Gasteiger partial charge in [0.1, 0.15) is 0 Å². The number of carbonyl (C=O) groups excluding carboxylic acids is 1. The number of anilines is 2. The fourth-order valence-corrected chi connectivity index (χ4v) is 2.41. The van der Waals surface area contributed by atoms with Crippen LogP contribution in [0, 0.1) is 0 Å². The highest BCUT2D eigenvalue weighted by Gasteiger charge is 2.08. The lowest BCUT2D eigenvalue weighted by molar-refractivity contribution is 0.102. The predicted octanol–water partition coefficient (Wildman–Crippen LogP) is 4.41. The molecule has 2 rings (SSSR count). The van der Waals surface area contributed by atoms with Crippen molar-refractivity contribution in [3.8, 4) is 0 Å². The maximum atomic E-state index is 12.1. The van der Waals surface area contributed by atoms with Crippen molar-refractivity contribution in [1.29, 1.82) is 0 Å². The lowest BCUT2D eigenvalue weighted by Gasteiger charge is -2.09. The normalized spacial score (nSPS) is 10.6. The summed E-state index contributed by atoms with van der Waals surface area (Å²) < 4.78 is 0.790. The van der Waals surface area contributed by atoms with Crippen molar-refractivity contribution >= 4 is 33.2 Å². The second-order valence-electron chi connectivity index (χ2n) is 5.00. The molecule has 2 aromatic carbocycles. The monoisotopic (exact) mass is 332 g/mol. The first-order valence-corrected chi connectivity index (χ1v) is 7.22. The molecule has 20 heavy (non-hydrogen) atoms. The number of nitrogen functional groups attached to an aromatic ring is 1. The van der Waals surface area contributed by atoms with E-state index in [2.05, 4.69) is 35.1 Å². The standard InChI is InChI=1S/C16H17BrN2O/c1-10(2)11-3-5-15(6-4-11)19-16(20)12-7-13(17)9-14(18)8-12/h3-10H,18H2,1-2H3,(H,19,20). The number of carbonyl (C=O) groups is 1. The van der Waals surface area contributed by atoms with E-state index in [1.807, 2.05) is 24.3 Å². The Morgan fingerprint density at radius 2 is 1.80 bits per heavy atom. The molecule has 0 bridgehead atoms. The van der Waals surface area contributed by atoms with Gasteiger partial charge in [0.05, 0.1) is 0 Å². The molecule has 1 amide bonds. The first kappa shape index (κ1) is 14.6. The summed E-state index contributed by atoms with van der Waals surface area (Å²) in [6, 6.07) is 13.0. The first-order chi connectivity index (χ1) is 9.45. The average molecular weight is 333 g/mol. The predicted molar refractivity (Wildman–Crippen MR) is 87.0 cm³/mol. The zero-order valence-corrected chi connectivity index (χ0v) is 13.1. The molecule has 4 heteroatoms. The van der Waals surface area contributed by atoms with Gasteiger partial charge in [-0.25, -0.2) is 0 Å². The number of amides is 1. The maximum Gasteiger partial charge on any atom is 0.255 e. The third kappa shape index (κ3) is 3.61. The van der Waals surface area contributed by atoms with Gasteiger partial charge in [-0.1, -0.05) is 41.9 Å². The number of nitrogens with two attached hydrogens (primary N) is 1. The van der Waals surface area contributed by atoms with E-state index in [4.69, 9.17) is 5.73 Å². The summed E-state index contributed by atoms with van der Waals surface area (Å²) >= 11 is 3.33. The molecule has 3 nitrogen and oxygen atoms in total. The van der Waals surface area contributed by atoms with Gasteiger partial charge in [0, 0.05) is 21.4 Å². The molecule has 0 saturated carbocycles. The summed E-state index contributed by atoms with van der Waals surface area (Å²) in [6.45, 7) is 4.27. The van der Waals surface area contributed by atoms with E-state index >= 15 is 0 Å². The minimum atomic E-state index is -0.171. The summed E-state index contributed by atoms with van der Waals surface area (Å²) in [5, 5.41) is 2.86. The van der Waals surface area contributed by atoms with E-state index in [9.17, 15) is 4.79 Å². The smallest absolute Gasteiger partial charge is 0.255 e. The highest BCUT2D eigenvalue weighted by atomic mass is 79.9. The van der Waals surface area contributed by atoms with Gasteiger partial charge in [0.2, 0.25) is 0 Å². The van der Waals surface area contributed by atoms with Crippen molar-refractivity contribution < 1.29 is 4.79 Å². The molecular weight excluding hydrogens is 316 g/mol. The van der Waals surface area contributed by atoms with Gasteiger partial charge in [-0.15, -0.1) is 0 Å². The van der Waals surface area contributed by atoms with Crippen LogP contribution in [0.3, 0.4) is 0 Å². The molecule has 0 radical (unpaired) electrons. The summed E-state index contributed by atoms with van der Waals surface area (Å²) in [5.41, 5.74) is 8.84. The molecule has 0 aliphatic heterocycles. The van der Waals surface area contributed by atoms with Crippen LogP contribution in [0.5, 0.6) is 0 Å². The minimum Gasteiger partial charge on any atom is -0.399 e. The van der Waals surface area contributed by atoms with E-state index in [1.165, 1.54) is 5.56 Å². The van der Waals surface area contributed by atoms with Gasteiger partial charge < -0.3 is 11.1 Å². The quantitative estimate of drug-likeness (QED) is 0.818. The van der Waals surface area contributed by atoms with Crippen molar-refractivity contribution in [2.24, 2.45) is 0 Å². The van der Waals surface area contributed by atoms with Gasteiger partial charge in [-0.2, -0.15) is 0 Å². The SMILES string of the molecule is CC(C)c1ccc(NC(=O)c2cc(N)cc(Br)c2)cc1. The molecule has 0 heterocycles. The summed E-state index contributed by atoms with van der Waals surface area (Å²) in [6.07, 6.45) is 0. The minimum absolute atomic E-state index is 0.171. The van der Waals surface area contributed by atoms with Crippen LogP contribution in [-0.4, -0.2) is 5.91 Å². The summed E-state index contributed by atoms with van der Waals surface area (Å²) in [4.78, 5) is 12.1. The molecule has 0 fully saturated rings. The summed E-state index contributed by atoms with van der Waals surface area (Å²) in [5.74, 6) is 0.305. The van der Waals surface area contributed by atoms with Crippen LogP contribution in [0.2, 0.25) is 0 Å². The van der Waals surface area contributed by atoms with Crippen LogP contribution >= 0.6 is 15.9 Å². The number of rotatable bonds is 3. The molecule has 0 aromatic heterocycles. The van der Waals surface area contributed by atoms with Crippen molar-refractivity contribution in [2.75, 3.05) is 11.1 Å². The Morgan fingerprint density at radius 3 is 2.35 bits per heavy atom. The van der Waals surface area contributed by atoms with Gasteiger partial charge >= 0.3 is 0 Å². The van der Waals surface area contributed by atoms with Crippen LogP contribution < -0.4 is 11.1 Å². The number of hydrogen-bond donors (Lipinski definition) is 2. The van der Waals surface area contributed by atoms with Crippen LogP contribution in [0.4, 0.5) is 11.4 Å². The molecule has 0 saturated heterocycles. The largest absolute Gasteiger partial charge is 0.399 e. The van der Waals surface area contributed by atoms with Gasteiger partial charge in [-0.05, 0) is 41.8 Å². The Kier molecular flexibility index (Phi) is 4.45. The van der Waals surface area contributed by atoms with E-state index in [1.54, 1.807) is 18.2 Å². The maximum absolute atomic E-state index is 12.1. The zero-order chi connectivity index (χ0) is 14.7. The van der Waals surface area contributed by atoms with Gasteiger partial charge in [0.15, 0.2) is 0 Å². The highest BCUT2D eigenvalue weighted by molar-refractivity contribution is 9.10. The highest BCUT2D eigenvalue weighted by Crippen LogP contribution is 2.20. The second-order valence-corrected chi connectivity index (χ2v) is 5.92. The summed E-state index contributed by atoms with van der Waals surface area (Å²) in [7, 11) is 0. The Bertz CT molecular complexity index is 601. The zero-order valence-electron chi connectivity index (χ0n) is 11.5. The van der Waals surface area contributed by atoms with Crippen molar-refractivity contribution in [3.63, 3.8) is 0 Å². The van der Waals surface area contributed by atoms with Gasteiger partial charge in [-0.3, -0.25) is 4.79 Å². The van der Waals surface area contributed by atoms with Gasteiger partial charge in [0.25, 0.3) is 5.91 Å². The Morgan fingerprint density at radius 1 is 1.15 bits per heavy atom. The van der Waals surface area contributed by atoms with Crippen LogP contribution in [-0.2, 0) is 0 Å². The number of hydrogen-bond acceptors (Lipinski definition) is 2. The fraction of sp³-hybridized carbons (Fsp3) is 0.188. The molecule has 2 aromatic rings. The molecule has 0 aliphatic carbocycles. The molecule has 0 unspecified atom stereocenters. The Hall–Kier alpha value is -1.81. The molecule has 0 atom stereocenters. The van der Waals surface area contributed by atoms with E-state index < -0.39 is 0 Å². The number of nitrogens with one attached hydrogen (secondary N) is 1. The van der Waals surface area contributed by atoms with Crippen LogP contribution in [0.15, 0.2) is 46.9 Å². The Labute approximate surface area is 127 Å². The van der Waals surface area contributed by atoms with Crippen molar-refractivity contribution in [2.45, 2.75) is 19.8 Å². The molecule has 104 valence electrons. The molecule has 0 spiro atoms. The third-order valence-corrected chi connectivity index (χ3v) is 3.48. The average Bonchev–Trinajstić information content (AvgIpc) is 2.38. The topological polar surface area (TPSA) is 55.1 Å². The van der Waals surface area contributed by atoms with E-state index in [0.717, 1.165) is 10.2 Å². The molecule has 0 aliphatic rings. The third-order valence-electron chi connectivity index (χ3n) is 3.02. The number of halogens is 1. The lowest BCUT2D eigenvalue weighted by atomic mass is 10.0. The Balaban J connectivity index is 2.14. The lowest BCUT2D eigenvalue weighted by Crippen LogP contribution is -2.12. The van der Waals surface area contributed by atoms with Crippen molar-refractivity contribution in [1.82, 2.24) is 0 Å². The second kappa shape index (κ2) is 6.09. The van der Waals surface area contributed by atoms with E-state index in [-0.39, 0.29) is 5.91 Å². The number of benzene rings is 2. The molecular formula is C16H17BrN2O. The van der Waals surface area contributed by atoms with Crippen LogP contribution in [0.25, 0.3) is 0 Å².